The van der Waals surface area contributed by atoms with E-state index < -0.39 is 22.8 Å². The molecular weight excluding hydrogens is 406 g/mol. The van der Waals surface area contributed by atoms with Gasteiger partial charge >= 0.3 is 6.03 Å². The molecule has 2 heterocycles. The van der Waals surface area contributed by atoms with Crippen molar-refractivity contribution in [3.05, 3.63) is 62.7 Å². The Balaban J connectivity index is 1.73. The van der Waals surface area contributed by atoms with E-state index in [1.54, 1.807) is 0 Å². The molecule has 0 atom stereocenters. The van der Waals surface area contributed by atoms with E-state index >= 15 is 0 Å². The highest BCUT2D eigenvalue weighted by Crippen LogP contribution is 2.36. The van der Waals surface area contributed by atoms with Crippen molar-refractivity contribution in [2.45, 2.75) is 0 Å². The topological polar surface area (TPSA) is 128 Å². The van der Waals surface area contributed by atoms with E-state index in [0.717, 1.165) is 17.0 Å². The third-order valence-corrected chi connectivity index (χ3v) is 4.51. The number of hydrogen-bond acceptors (Lipinski definition) is 7. The predicted octanol–water partition coefficient (Wildman–Crippen LogP) is 2.64. The van der Waals surface area contributed by atoms with Gasteiger partial charge in [0.2, 0.25) is 6.79 Å². The minimum Gasteiger partial charge on any atom is -0.454 e. The second-order valence-electron chi connectivity index (χ2n) is 5.96. The lowest BCUT2D eigenvalue weighted by Gasteiger charge is -2.26. The van der Waals surface area contributed by atoms with Gasteiger partial charge in [-0.3, -0.25) is 25.0 Å². The molecule has 0 aliphatic carbocycles. The molecule has 1 saturated heterocycles. The van der Waals surface area contributed by atoms with E-state index in [1.165, 1.54) is 30.3 Å². The number of amides is 4. The van der Waals surface area contributed by atoms with Gasteiger partial charge in [-0.1, -0.05) is 17.7 Å². The Labute approximate surface area is 167 Å². The molecule has 4 amide bonds. The molecular formula is C18H10ClN3O7. The molecule has 146 valence electrons. The van der Waals surface area contributed by atoms with Crippen LogP contribution in [0.25, 0.3) is 6.08 Å². The Morgan fingerprint density at radius 1 is 1.10 bits per heavy atom. The van der Waals surface area contributed by atoms with Crippen LogP contribution in [0.1, 0.15) is 5.56 Å². The number of carbonyl (C=O) groups excluding carboxylic acids is 3. The first-order valence-electron chi connectivity index (χ1n) is 8.10. The normalized spacial score (nSPS) is 16.9. The van der Waals surface area contributed by atoms with E-state index in [-0.39, 0.29) is 34.3 Å². The number of nitro groups is 1. The number of ether oxygens (including phenoxy) is 2. The number of nitro benzene ring substituents is 1. The van der Waals surface area contributed by atoms with Crippen LogP contribution in [0.15, 0.2) is 42.0 Å². The number of urea groups is 1. The quantitative estimate of drug-likeness (QED) is 0.353. The van der Waals surface area contributed by atoms with Gasteiger partial charge in [-0.2, -0.15) is 0 Å². The monoisotopic (exact) mass is 415 g/mol. The summed E-state index contributed by atoms with van der Waals surface area (Å²) >= 11 is 5.78. The number of barbiturate groups is 1. The Hall–Kier alpha value is -3.92. The summed E-state index contributed by atoms with van der Waals surface area (Å²) in [6.45, 7) is 0.0118. The van der Waals surface area contributed by atoms with Gasteiger partial charge in [0.15, 0.2) is 11.5 Å². The number of nitrogens with one attached hydrogen (secondary N) is 1. The minimum atomic E-state index is -0.932. The highest BCUT2D eigenvalue weighted by molar-refractivity contribution is 6.39. The number of rotatable bonds is 3. The fourth-order valence-corrected chi connectivity index (χ4v) is 3.03. The number of nitrogens with zero attached hydrogens (tertiary/aromatic N) is 2. The summed E-state index contributed by atoms with van der Waals surface area (Å²) in [5.41, 5.74) is -0.399. The van der Waals surface area contributed by atoms with Crippen LogP contribution in [0.2, 0.25) is 5.02 Å². The standard InChI is InChI=1S/C18H10ClN3O7/c19-12-3-1-9(6-13(12)22(26)27)5-11-16(23)20-18(25)21(17(11)24)10-2-4-14-15(7-10)29-8-28-14/h1-7H,8H2,(H,20,23,25)/b11-5+. The first-order chi connectivity index (χ1) is 13.8. The maximum absolute atomic E-state index is 12.9. The average Bonchev–Trinajstić information content (AvgIpc) is 3.14. The Kier molecular flexibility index (Phi) is 4.40. The molecule has 0 unspecified atom stereocenters. The minimum absolute atomic E-state index is 0.0118. The van der Waals surface area contributed by atoms with E-state index in [0.29, 0.717) is 11.5 Å². The molecule has 0 radical (unpaired) electrons. The molecule has 1 N–H and O–H groups in total. The molecule has 1 fully saturated rings. The SMILES string of the molecule is O=C1NC(=O)N(c2ccc3c(c2)OCO3)C(=O)/C1=C/c1ccc(Cl)c([N+](=O)[O-])c1. The van der Waals surface area contributed by atoms with Crippen LogP contribution < -0.4 is 19.7 Å². The summed E-state index contributed by atoms with van der Waals surface area (Å²) in [4.78, 5) is 48.5. The molecule has 0 aromatic heterocycles. The fraction of sp³-hybridized carbons (Fsp3) is 0.0556. The second kappa shape index (κ2) is 6.91. The summed E-state index contributed by atoms with van der Waals surface area (Å²) in [7, 11) is 0. The van der Waals surface area contributed by atoms with Gasteiger partial charge in [-0.15, -0.1) is 0 Å². The maximum atomic E-state index is 12.9. The maximum Gasteiger partial charge on any atom is 0.335 e. The Morgan fingerprint density at radius 3 is 2.62 bits per heavy atom. The third-order valence-electron chi connectivity index (χ3n) is 4.19. The number of halogens is 1. The van der Waals surface area contributed by atoms with Crippen LogP contribution in [0.5, 0.6) is 11.5 Å². The highest BCUT2D eigenvalue weighted by Gasteiger charge is 2.37. The summed E-state index contributed by atoms with van der Waals surface area (Å²) in [5.74, 6) is -1.01. The molecule has 2 aromatic rings. The highest BCUT2D eigenvalue weighted by atomic mass is 35.5. The largest absolute Gasteiger partial charge is 0.454 e. The van der Waals surface area contributed by atoms with Crippen molar-refractivity contribution in [2.75, 3.05) is 11.7 Å². The van der Waals surface area contributed by atoms with Gasteiger partial charge in [-0.25, -0.2) is 9.69 Å². The average molecular weight is 416 g/mol. The van der Waals surface area contributed by atoms with Gasteiger partial charge in [-0.05, 0) is 29.8 Å². The van der Waals surface area contributed by atoms with Crippen LogP contribution in [0.4, 0.5) is 16.2 Å². The molecule has 0 spiro atoms. The summed E-state index contributed by atoms with van der Waals surface area (Å²) in [6.07, 6.45) is 1.15. The zero-order valence-electron chi connectivity index (χ0n) is 14.4. The van der Waals surface area contributed by atoms with Gasteiger partial charge in [0.05, 0.1) is 10.6 Å². The number of fused-ring (bicyclic) bond motifs is 1. The lowest BCUT2D eigenvalue weighted by atomic mass is 10.1. The van der Waals surface area contributed by atoms with Crippen LogP contribution in [0.3, 0.4) is 0 Å². The lowest BCUT2D eigenvalue weighted by Crippen LogP contribution is -2.54. The lowest BCUT2D eigenvalue weighted by molar-refractivity contribution is -0.384. The van der Waals surface area contributed by atoms with Crippen LogP contribution in [-0.4, -0.2) is 29.6 Å². The number of anilines is 1. The summed E-state index contributed by atoms with van der Waals surface area (Å²) < 4.78 is 10.4. The molecule has 0 bridgehead atoms. The van der Waals surface area contributed by atoms with E-state index in [9.17, 15) is 24.5 Å². The van der Waals surface area contributed by atoms with E-state index in [4.69, 9.17) is 21.1 Å². The Morgan fingerprint density at radius 2 is 1.86 bits per heavy atom. The van der Waals surface area contributed by atoms with Gasteiger partial charge in [0.25, 0.3) is 17.5 Å². The van der Waals surface area contributed by atoms with Crippen LogP contribution in [0, 0.1) is 10.1 Å². The second-order valence-corrected chi connectivity index (χ2v) is 6.37. The van der Waals surface area contributed by atoms with Crippen molar-refractivity contribution >= 4 is 46.9 Å². The summed E-state index contributed by atoms with van der Waals surface area (Å²) in [5, 5.41) is 13.0. The molecule has 2 aromatic carbocycles. The van der Waals surface area contributed by atoms with E-state index in [1.807, 2.05) is 0 Å². The molecule has 0 saturated carbocycles. The first-order valence-corrected chi connectivity index (χ1v) is 8.48. The molecule has 11 heteroatoms. The van der Waals surface area contributed by atoms with Gasteiger partial charge in [0, 0.05) is 12.1 Å². The van der Waals surface area contributed by atoms with Crippen LogP contribution >= 0.6 is 11.6 Å². The molecule has 29 heavy (non-hydrogen) atoms. The Bertz CT molecular complexity index is 1130. The first kappa shape index (κ1) is 18.4. The molecule has 2 aliphatic rings. The van der Waals surface area contributed by atoms with Crippen molar-refractivity contribution in [1.29, 1.82) is 0 Å². The van der Waals surface area contributed by atoms with Crippen molar-refractivity contribution in [2.24, 2.45) is 0 Å². The third kappa shape index (κ3) is 3.25. The van der Waals surface area contributed by atoms with Crippen molar-refractivity contribution in [3.63, 3.8) is 0 Å². The van der Waals surface area contributed by atoms with Gasteiger partial charge < -0.3 is 9.47 Å². The van der Waals surface area contributed by atoms with Gasteiger partial charge in [0.1, 0.15) is 10.6 Å². The van der Waals surface area contributed by atoms with E-state index in [2.05, 4.69) is 5.32 Å². The number of benzene rings is 2. The predicted molar refractivity (Wildman–Crippen MR) is 99.7 cm³/mol. The molecule has 2 aliphatic heterocycles. The molecule has 4 rings (SSSR count). The smallest absolute Gasteiger partial charge is 0.335 e. The molecule has 10 nitrogen and oxygen atoms in total. The number of imide groups is 2. The van der Waals surface area contributed by atoms with Crippen molar-refractivity contribution in [1.82, 2.24) is 5.32 Å². The number of carbonyl (C=O) groups is 3. The number of hydrogen-bond donors (Lipinski definition) is 1. The van der Waals surface area contributed by atoms with Crippen molar-refractivity contribution in [3.8, 4) is 11.5 Å². The summed E-state index contributed by atoms with van der Waals surface area (Å²) in [6, 6.07) is 7.30. The van der Waals surface area contributed by atoms with Crippen molar-refractivity contribution < 1.29 is 28.8 Å². The zero-order valence-corrected chi connectivity index (χ0v) is 15.1. The fourth-order valence-electron chi connectivity index (χ4n) is 2.84. The van der Waals surface area contributed by atoms with Crippen LogP contribution in [-0.2, 0) is 9.59 Å². The zero-order chi connectivity index (χ0) is 20.7.